The van der Waals surface area contributed by atoms with E-state index in [0.717, 1.165) is 49.4 Å². The molecule has 0 saturated carbocycles. The zero-order chi connectivity index (χ0) is 35.9. The summed E-state index contributed by atoms with van der Waals surface area (Å²) in [4.78, 5) is 15.7. The minimum Gasteiger partial charge on any atom is -0.456 e. The van der Waals surface area contributed by atoms with E-state index in [9.17, 15) is 0 Å². The molecule has 0 aliphatic heterocycles. The fourth-order valence-electron chi connectivity index (χ4n) is 8.00. The summed E-state index contributed by atoms with van der Waals surface area (Å²) in [7, 11) is -2.79. The lowest BCUT2D eigenvalue weighted by Gasteiger charge is -2.34. The minimum absolute atomic E-state index is 0.609. The van der Waals surface area contributed by atoms with Crippen LogP contribution in [0.1, 0.15) is 0 Å². The van der Waals surface area contributed by atoms with E-state index in [1.54, 1.807) is 0 Å². The molecule has 2 heterocycles. The van der Waals surface area contributed by atoms with Crippen molar-refractivity contribution < 1.29 is 4.42 Å². The van der Waals surface area contributed by atoms with Gasteiger partial charge in [0.2, 0.25) is 0 Å². The van der Waals surface area contributed by atoms with Crippen molar-refractivity contribution >= 4 is 61.5 Å². The molecule has 0 radical (unpaired) electrons. The second-order valence-electron chi connectivity index (χ2n) is 13.6. The van der Waals surface area contributed by atoms with Gasteiger partial charge in [-0.05, 0) is 55.8 Å². The molecule has 0 amide bonds. The summed E-state index contributed by atoms with van der Waals surface area (Å²) in [6, 6.07) is 70.9. The molecule has 0 aliphatic carbocycles. The minimum atomic E-state index is -2.79. The summed E-state index contributed by atoms with van der Waals surface area (Å²) in [5.74, 6) is 1.87. The molecule has 0 saturated heterocycles. The topological polar surface area (TPSA) is 51.8 Å². The molecule has 4 nitrogen and oxygen atoms in total. The zero-order valence-corrected chi connectivity index (χ0v) is 30.3. The summed E-state index contributed by atoms with van der Waals surface area (Å²) in [5, 5.41) is 9.52. The fraction of sp³-hybridized carbons (Fsp3) is 0. The Kier molecular flexibility index (Phi) is 7.78. The second-order valence-corrected chi connectivity index (χ2v) is 17.4. The third-order valence-electron chi connectivity index (χ3n) is 10.5. The van der Waals surface area contributed by atoms with Crippen molar-refractivity contribution in [3.05, 3.63) is 200 Å². The lowest BCUT2D eigenvalue weighted by atomic mass is 10.0. The largest absolute Gasteiger partial charge is 0.456 e. The van der Waals surface area contributed by atoms with Crippen LogP contribution in [0.3, 0.4) is 0 Å². The van der Waals surface area contributed by atoms with Gasteiger partial charge in [0, 0.05) is 27.5 Å². The molecule has 10 aromatic rings. The Labute approximate surface area is 314 Å². The predicted molar refractivity (Wildman–Crippen MR) is 225 cm³/mol. The Morgan fingerprint density at radius 1 is 0.333 bits per heavy atom. The maximum absolute atomic E-state index is 6.18. The monoisotopic (exact) mass is 707 g/mol. The standard InChI is InChI=1S/C49H33N3OSi/c1-4-19-37(20-5-1)54(38-21-6-2-7-22-38,39-23-8-3-9-24-39)40-25-14-18-35(32-40)47-50-48(36-30-31-46-44(33-36)42-27-12-13-29-45(42)53-46)52-49(51-47)43-28-15-17-34-16-10-11-26-41(34)43/h1-33H. The molecule has 0 fully saturated rings. The van der Waals surface area contributed by atoms with Crippen molar-refractivity contribution in [2.24, 2.45) is 0 Å². The number of fused-ring (bicyclic) bond motifs is 4. The van der Waals surface area contributed by atoms with E-state index in [1.165, 1.54) is 20.7 Å². The Morgan fingerprint density at radius 2 is 0.833 bits per heavy atom. The number of benzene rings is 8. The third-order valence-corrected chi connectivity index (χ3v) is 15.3. The molecular weight excluding hydrogens is 675 g/mol. The lowest BCUT2D eigenvalue weighted by Crippen LogP contribution is -2.74. The molecule has 2 aromatic heterocycles. The first kappa shape index (κ1) is 31.8. The van der Waals surface area contributed by atoms with Crippen LogP contribution in [0.2, 0.25) is 0 Å². The van der Waals surface area contributed by atoms with Crippen molar-refractivity contribution in [2.75, 3.05) is 0 Å². The molecule has 0 unspecified atom stereocenters. The molecule has 0 spiro atoms. The molecule has 0 N–H and O–H groups in total. The first-order valence-corrected chi connectivity index (χ1v) is 20.2. The van der Waals surface area contributed by atoms with Crippen LogP contribution >= 0.6 is 0 Å². The van der Waals surface area contributed by atoms with Gasteiger partial charge in [0.1, 0.15) is 11.2 Å². The van der Waals surface area contributed by atoms with Crippen LogP contribution < -0.4 is 20.7 Å². The van der Waals surface area contributed by atoms with Crippen LogP contribution in [0, 0.1) is 0 Å². The molecule has 54 heavy (non-hydrogen) atoms. The fourth-order valence-corrected chi connectivity index (χ4v) is 12.8. The number of aromatic nitrogens is 3. The summed E-state index contributed by atoms with van der Waals surface area (Å²) in [6.07, 6.45) is 0. The Hall–Kier alpha value is -6.95. The summed E-state index contributed by atoms with van der Waals surface area (Å²) in [5.41, 5.74) is 4.49. The molecule has 5 heteroatoms. The molecular formula is C49H33N3OSi. The van der Waals surface area contributed by atoms with Crippen molar-refractivity contribution in [3.63, 3.8) is 0 Å². The molecule has 8 aromatic carbocycles. The highest BCUT2D eigenvalue weighted by molar-refractivity contribution is 7.19. The van der Waals surface area contributed by atoms with Gasteiger partial charge in [-0.2, -0.15) is 0 Å². The van der Waals surface area contributed by atoms with E-state index in [0.29, 0.717) is 17.5 Å². The van der Waals surface area contributed by atoms with E-state index in [4.69, 9.17) is 19.4 Å². The van der Waals surface area contributed by atoms with E-state index < -0.39 is 8.07 Å². The average molecular weight is 708 g/mol. The SMILES string of the molecule is c1ccc([Si](c2ccccc2)(c2ccccc2)c2cccc(-c3nc(-c4ccc5oc6ccccc6c5c4)nc(-c4cccc5ccccc45)n3)c2)cc1. The van der Waals surface area contributed by atoms with Crippen LogP contribution in [-0.4, -0.2) is 23.0 Å². The van der Waals surface area contributed by atoms with Gasteiger partial charge in [0.05, 0.1) is 0 Å². The number of furan rings is 1. The molecule has 10 rings (SSSR count). The first-order chi connectivity index (χ1) is 26.8. The first-order valence-electron chi connectivity index (χ1n) is 18.2. The quantitative estimate of drug-likeness (QED) is 0.122. The van der Waals surface area contributed by atoms with Crippen LogP contribution in [0.25, 0.3) is 66.9 Å². The third kappa shape index (κ3) is 5.33. The highest BCUT2D eigenvalue weighted by Gasteiger charge is 2.41. The summed E-state index contributed by atoms with van der Waals surface area (Å²) >= 11 is 0. The van der Waals surface area contributed by atoms with Gasteiger partial charge < -0.3 is 4.42 Å². The van der Waals surface area contributed by atoms with Crippen LogP contribution in [0.15, 0.2) is 205 Å². The van der Waals surface area contributed by atoms with Crippen LogP contribution in [0.5, 0.6) is 0 Å². The molecule has 0 aliphatic rings. The van der Waals surface area contributed by atoms with Gasteiger partial charge >= 0.3 is 0 Å². The maximum atomic E-state index is 6.18. The van der Waals surface area contributed by atoms with Gasteiger partial charge in [-0.15, -0.1) is 0 Å². The number of hydrogen-bond acceptors (Lipinski definition) is 4. The van der Waals surface area contributed by atoms with E-state index in [-0.39, 0.29) is 0 Å². The van der Waals surface area contributed by atoms with E-state index in [1.807, 2.05) is 30.3 Å². The number of hydrogen-bond donors (Lipinski definition) is 0. The predicted octanol–water partition coefficient (Wildman–Crippen LogP) is 9.30. The number of nitrogens with zero attached hydrogens (tertiary/aromatic N) is 3. The van der Waals surface area contributed by atoms with Gasteiger partial charge in [-0.1, -0.05) is 176 Å². The molecule has 0 atom stereocenters. The van der Waals surface area contributed by atoms with Gasteiger partial charge in [-0.3, -0.25) is 0 Å². The highest BCUT2D eigenvalue weighted by atomic mass is 28.3. The number of rotatable bonds is 7. The summed E-state index contributed by atoms with van der Waals surface area (Å²) in [6.45, 7) is 0. The van der Waals surface area contributed by atoms with Crippen LogP contribution in [-0.2, 0) is 0 Å². The normalized spacial score (nSPS) is 11.7. The van der Waals surface area contributed by atoms with Gasteiger partial charge in [-0.25, -0.2) is 15.0 Å². The van der Waals surface area contributed by atoms with Crippen molar-refractivity contribution in [1.82, 2.24) is 15.0 Å². The van der Waals surface area contributed by atoms with E-state index >= 15 is 0 Å². The Morgan fingerprint density at radius 3 is 1.52 bits per heavy atom. The Balaban J connectivity index is 1.22. The van der Waals surface area contributed by atoms with Gasteiger partial charge in [0.15, 0.2) is 25.5 Å². The average Bonchev–Trinajstić information content (AvgIpc) is 3.63. The highest BCUT2D eigenvalue weighted by Crippen LogP contribution is 2.34. The van der Waals surface area contributed by atoms with Crippen molar-refractivity contribution in [1.29, 1.82) is 0 Å². The molecule has 0 bridgehead atoms. The van der Waals surface area contributed by atoms with Crippen LogP contribution in [0.4, 0.5) is 0 Å². The lowest BCUT2D eigenvalue weighted by molar-refractivity contribution is 0.669. The number of para-hydroxylation sites is 1. The Bertz CT molecular complexity index is 2840. The molecule has 254 valence electrons. The van der Waals surface area contributed by atoms with E-state index in [2.05, 4.69) is 170 Å². The smallest absolute Gasteiger partial charge is 0.179 e. The maximum Gasteiger partial charge on any atom is 0.179 e. The van der Waals surface area contributed by atoms with Crippen molar-refractivity contribution in [3.8, 4) is 34.2 Å². The summed E-state index contributed by atoms with van der Waals surface area (Å²) < 4.78 is 6.18. The zero-order valence-electron chi connectivity index (χ0n) is 29.3. The van der Waals surface area contributed by atoms with Crippen molar-refractivity contribution in [2.45, 2.75) is 0 Å². The van der Waals surface area contributed by atoms with Gasteiger partial charge in [0.25, 0.3) is 0 Å². The second kappa shape index (κ2) is 13.2.